The van der Waals surface area contributed by atoms with Crippen LogP contribution in [-0.4, -0.2) is 60.1 Å². The van der Waals surface area contributed by atoms with E-state index in [4.69, 9.17) is 14.1 Å². The van der Waals surface area contributed by atoms with Gasteiger partial charge in [-0.1, -0.05) is 44.0 Å². The lowest BCUT2D eigenvalue weighted by Crippen LogP contribution is -2.44. The smallest absolute Gasteiger partial charge is 0.225 e. The Bertz CT molecular complexity index is 913. The molecular weight excluding hydrogens is 414 g/mol. The topological polar surface area (TPSA) is 58.8 Å². The molecule has 1 aromatic carbocycles. The van der Waals surface area contributed by atoms with Gasteiger partial charge >= 0.3 is 0 Å². The molecule has 1 amide bonds. The number of piperidine rings is 1. The first-order chi connectivity index (χ1) is 16.2. The van der Waals surface area contributed by atoms with Crippen LogP contribution in [0.25, 0.3) is 0 Å². The molecule has 1 saturated carbocycles. The molecule has 3 fully saturated rings. The highest BCUT2D eigenvalue weighted by molar-refractivity contribution is 5.79. The summed E-state index contributed by atoms with van der Waals surface area (Å²) in [4.78, 5) is 22.7. The van der Waals surface area contributed by atoms with Crippen molar-refractivity contribution in [1.82, 2.24) is 14.8 Å². The van der Waals surface area contributed by atoms with Crippen LogP contribution in [0, 0.1) is 5.92 Å². The molecule has 2 aromatic rings. The van der Waals surface area contributed by atoms with Crippen LogP contribution < -0.4 is 0 Å². The molecule has 6 nitrogen and oxygen atoms in total. The normalized spacial score (nSPS) is 24.9. The number of nitrogens with zero attached hydrogens (tertiary/aromatic N) is 3. The van der Waals surface area contributed by atoms with Crippen LogP contribution in [0.5, 0.6) is 0 Å². The largest absolute Gasteiger partial charge is 0.448 e. The summed E-state index contributed by atoms with van der Waals surface area (Å²) in [7, 11) is 0. The Morgan fingerprint density at radius 3 is 2.52 bits per heavy atom. The van der Waals surface area contributed by atoms with Gasteiger partial charge in [0.15, 0.2) is 5.89 Å². The summed E-state index contributed by atoms with van der Waals surface area (Å²) in [5.41, 5.74) is 3.65. The number of aromatic nitrogens is 1. The molecule has 33 heavy (non-hydrogen) atoms. The van der Waals surface area contributed by atoms with Gasteiger partial charge in [0.25, 0.3) is 0 Å². The van der Waals surface area contributed by atoms with Crippen LogP contribution in [0.15, 0.2) is 34.9 Å². The summed E-state index contributed by atoms with van der Waals surface area (Å²) >= 11 is 0. The standard InChI is InChI=1S/C27H37N3O3/c1-2-20-7-9-21(10-8-20)23-15-24(17-30(16-23)27(31)22-5-3-4-6-22)26-28-25(19-33-26)18-29-11-13-32-14-12-29/h7-10,19,22-24H,2-6,11-18H2,1H3. The maximum atomic E-state index is 13.4. The van der Waals surface area contributed by atoms with Gasteiger partial charge in [0.1, 0.15) is 6.26 Å². The van der Waals surface area contributed by atoms with Crippen LogP contribution in [0.3, 0.4) is 0 Å². The van der Waals surface area contributed by atoms with Gasteiger partial charge in [-0.25, -0.2) is 4.98 Å². The number of rotatable bonds is 6. The lowest BCUT2D eigenvalue weighted by atomic mass is 9.83. The van der Waals surface area contributed by atoms with Crippen LogP contribution in [0.4, 0.5) is 0 Å². The second kappa shape index (κ2) is 10.4. The molecule has 0 N–H and O–H groups in total. The molecule has 0 bridgehead atoms. The van der Waals surface area contributed by atoms with Crippen molar-refractivity contribution in [2.45, 2.75) is 63.8 Å². The SMILES string of the molecule is CCc1ccc(C2CC(c3nc(CN4CCOCC4)co3)CN(C(=O)C3CCCC3)C2)cc1. The molecule has 2 saturated heterocycles. The third-order valence-electron chi connectivity index (χ3n) is 7.73. The monoisotopic (exact) mass is 451 g/mol. The Morgan fingerprint density at radius 1 is 1.06 bits per heavy atom. The molecule has 3 aliphatic rings. The zero-order valence-electron chi connectivity index (χ0n) is 19.9. The highest BCUT2D eigenvalue weighted by Gasteiger charge is 2.37. The van der Waals surface area contributed by atoms with Crippen LogP contribution >= 0.6 is 0 Å². The van der Waals surface area contributed by atoms with Gasteiger partial charge in [0.05, 0.1) is 24.8 Å². The van der Waals surface area contributed by atoms with E-state index in [9.17, 15) is 4.79 Å². The quantitative estimate of drug-likeness (QED) is 0.653. The highest BCUT2D eigenvalue weighted by atomic mass is 16.5. The number of carbonyl (C=O) groups is 1. The van der Waals surface area contributed by atoms with E-state index in [1.54, 1.807) is 0 Å². The lowest BCUT2D eigenvalue weighted by Gasteiger charge is -2.38. The minimum Gasteiger partial charge on any atom is -0.448 e. The van der Waals surface area contributed by atoms with Crippen molar-refractivity contribution in [1.29, 1.82) is 0 Å². The molecule has 2 aliphatic heterocycles. The van der Waals surface area contributed by atoms with Crippen molar-refractivity contribution >= 4 is 5.91 Å². The Kier molecular flexibility index (Phi) is 7.12. The first-order valence-electron chi connectivity index (χ1n) is 12.8. The minimum atomic E-state index is 0.137. The highest BCUT2D eigenvalue weighted by Crippen LogP contribution is 2.37. The van der Waals surface area contributed by atoms with Crippen molar-refractivity contribution in [3.63, 3.8) is 0 Å². The van der Waals surface area contributed by atoms with E-state index >= 15 is 0 Å². The van der Waals surface area contributed by atoms with E-state index in [1.165, 1.54) is 24.0 Å². The summed E-state index contributed by atoms with van der Waals surface area (Å²) in [5, 5.41) is 0. The van der Waals surface area contributed by atoms with E-state index in [2.05, 4.69) is 41.0 Å². The molecule has 5 rings (SSSR count). The number of morpholine rings is 1. The second-order valence-corrected chi connectivity index (χ2v) is 10.0. The third kappa shape index (κ3) is 5.33. The third-order valence-corrected chi connectivity index (χ3v) is 7.73. The Morgan fingerprint density at radius 2 is 1.79 bits per heavy atom. The number of hydrogen-bond donors (Lipinski definition) is 0. The van der Waals surface area contributed by atoms with Gasteiger partial charge in [-0.2, -0.15) is 0 Å². The molecule has 6 heteroatoms. The number of amides is 1. The first-order valence-corrected chi connectivity index (χ1v) is 12.8. The summed E-state index contributed by atoms with van der Waals surface area (Å²) in [6.45, 7) is 7.94. The van der Waals surface area contributed by atoms with Crippen molar-refractivity contribution in [3.05, 3.63) is 53.2 Å². The predicted molar refractivity (Wildman–Crippen MR) is 127 cm³/mol. The van der Waals surface area contributed by atoms with Gasteiger partial charge in [0, 0.05) is 44.6 Å². The fourth-order valence-corrected chi connectivity index (χ4v) is 5.73. The van der Waals surface area contributed by atoms with Gasteiger partial charge in [-0.05, 0) is 36.8 Å². The van der Waals surface area contributed by atoms with Crippen LogP contribution in [0.2, 0.25) is 0 Å². The number of hydrogen-bond acceptors (Lipinski definition) is 5. The molecule has 0 spiro atoms. The van der Waals surface area contributed by atoms with Gasteiger partial charge in [0.2, 0.25) is 5.91 Å². The Balaban J connectivity index is 1.34. The van der Waals surface area contributed by atoms with Crippen molar-refractivity contribution in [2.75, 3.05) is 39.4 Å². The summed E-state index contributed by atoms with van der Waals surface area (Å²) in [6.07, 6.45) is 8.27. The Hall–Kier alpha value is -2.18. The lowest BCUT2D eigenvalue weighted by molar-refractivity contribution is -0.137. The number of carbonyl (C=O) groups excluding carboxylic acids is 1. The molecule has 2 unspecified atom stereocenters. The minimum absolute atomic E-state index is 0.137. The van der Waals surface area contributed by atoms with Crippen molar-refractivity contribution in [3.8, 4) is 0 Å². The van der Waals surface area contributed by atoms with E-state index in [1.807, 2.05) is 6.26 Å². The summed E-state index contributed by atoms with van der Waals surface area (Å²) in [5.74, 6) is 1.78. The van der Waals surface area contributed by atoms with E-state index in [0.717, 1.165) is 83.2 Å². The summed E-state index contributed by atoms with van der Waals surface area (Å²) in [6, 6.07) is 8.97. The van der Waals surface area contributed by atoms with Gasteiger partial charge < -0.3 is 14.1 Å². The maximum absolute atomic E-state index is 13.4. The molecular formula is C27H37N3O3. The Labute approximate surface area is 197 Å². The summed E-state index contributed by atoms with van der Waals surface area (Å²) < 4.78 is 11.5. The molecule has 1 aliphatic carbocycles. The number of likely N-dealkylation sites (tertiary alicyclic amines) is 1. The number of aryl methyl sites for hydroxylation is 1. The van der Waals surface area contributed by atoms with Gasteiger partial charge in [-0.3, -0.25) is 9.69 Å². The fraction of sp³-hybridized carbons (Fsp3) is 0.630. The van der Waals surface area contributed by atoms with E-state index in [-0.39, 0.29) is 11.8 Å². The molecule has 0 radical (unpaired) electrons. The van der Waals surface area contributed by atoms with Crippen LogP contribution in [0.1, 0.15) is 73.6 Å². The predicted octanol–water partition coefficient (Wildman–Crippen LogP) is 4.36. The maximum Gasteiger partial charge on any atom is 0.225 e. The molecule has 1 aromatic heterocycles. The van der Waals surface area contributed by atoms with E-state index < -0.39 is 0 Å². The van der Waals surface area contributed by atoms with Crippen molar-refractivity contribution in [2.24, 2.45) is 5.92 Å². The average Bonchev–Trinajstić information content (AvgIpc) is 3.57. The molecule has 3 heterocycles. The first kappa shape index (κ1) is 22.6. The second-order valence-electron chi connectivity index (χ2n) is 10.0. The number of ether oxygens (including phenoxy) is 1. The molecule has 2 atom stereocenters. The van der Waals surface area contributed by atoms with Crippen LogP contribution in [-0.2, 0) is 22.5 Å². The average molecular weight is 452 g/mol. The zero-order valence-corrected chi connectivity index (χ0v) is 19.9. The van der Waals surface area contributed by atoms with Gasteiger partial charge in [-0.15, -0.1) is 0 Å². The fourth-order valence-electron chi connectivity index (χ4n) is 5.73. The number of oxazole rings is 1. The van der Waals surface area contributed by atoms with E-state index in [0.29, 0.717) is 11.8 Å². The van der Waals surface area contributed by atoms with Crippen molar-refractivity contribution < 1.29 is 13.9 Å². The molecule has 178 valence electrons. The number of benzene rings is 1. The zero-order chi connectivity index (χ0) is 22.6.